The zero-order chi connectivity index (χ0) is 9.26. The van der Waals surface area contributed by atoms with Gasteiger partial charge in [0.05, 0.1) is 6.61 Å². The molecular weight excluding hydrogens is 166 g/mol. The Balaban J connectivity index is 1.96. The zero-order valence-corrected chi connectivity index (χ0v) is 8.08. The van der Waals surface area contributed by atoms with Gasteiger partial charge in [0.15, 0.2) is 0 Å². The van der Waals surface area contributed by atoms with Crippen molar-refractivity contribution in [1.82, 2.24) is 5.32 Å². The number of hydrogen-bond donors (Lipinski definition) is 1. The van der Waals surface area contributed by atoms with Crippen molar-refractivity contribution in [3.05, 3.63) is 0 Å². The molecule has 0 amide bonds. The van der Waals surface area contributed by atoms with E-state index in [1.54, 1.807) is 0 Å². The van der Waals surface area contributed by atoms with Crippen LogP contribution in [0.2, 0.25) is 0 Å². The van der Waals surface area contributed by atoms with E-state index in [0.29, 0.717) is 12.5 Å². The Labute approximate surface area is 78.8 Å². The number of rotatable bonds is 2. The Morgan fingerprint density at radius 1 is 1.54 bits per heavy atom. The Kier molecular flexibility index (Phi) is 2.54. The van der Waals surface area contributed by atoms with Gasteiger partial charge < -0.3 is 10.1 Å². The maximum Gasteiger partial charge on any atom is 0.323 e. The summed E-state index contributed by atoms with van der Waals surface area (Å²) in [5, 5.41) is 3.27. The van der Waals surface area contributed by atoms with Crippen molar-refractivity contribution in [2.45, 2.75) is 32.2 Å². The second-order valence-corrected chi connectivity index (χ2v) is 3.99. The monoisotopic (exact) mass is 183 g/mol. The van der Waals surface area contributed by atoms with E-state index in [1.807, 2.05) is 6.92 Å². The molecule has 13 heavy (non-hydrogen) atoms. The highest BCUT2D eigenvalue weighted by atomic mass is 16.5. The molecule has 74 valence electrons. The highest BCUT2D eigenvalue weighted by Crippen LogP contribution is 2.37. The van der Waals surface area contributed by atoms with E-state index in [4.69, 9.17) is 4.74 Å². The van der Waals surface area contributed by atoms with Crippen molar-refractivity contribution in [3.63, 3.8) is 0 Å². The van der Waals surface area contributed by atoms with Crippen LogP contribution in [-0.2, 0) is 9.53 Å². The maximum absolute atomic E-state index is 11.5. The summed E-state index contributed by atoms with van der Waals surface area (Å²) in [6, 6.07) is -0.00699. The molecule has 2 rings (SSSR count). The molecule has 0 aromatic rings. The van der Waals surface area contributed by atoms with Crippen molar-refractivity contribution in [2.24, 2.45) is 11.8 Å². The normalized spacial score (nSPS) is 37.5. The SMILES string of the molecule is CCOC(=O)C1NC[C@@H]2CCC[C@@H]12. The number of carbonyl (C=O) groups excluding carboxylic acids is 1. The lowest BCUT2D eigenvalue weighted by molar-refractivity contribution is -0.146. The molecule has 0 aromatic heterocycles. The van der Waals surface area contributed by atoms with Crippen LogP contribution < -0.4 is 5.32 Å². The number of carbonyl (C=O) groups is 1. The summed E-state index contributed by atoms with van der Waals surface area (Å²) in [5.74, 6) is 1.24. The molecule has 2 fully saturated rings. The van der Waals surface area contributed by atoms with E-state index in [9.17, 15) is 4.79 Å². The van der Waals surface area contributed by atoms with Gasteiger partial charge in [0, 0.05) is 0 Å². The van der Waals surface area contributed by atoms with Crippen LogP contribution in [0.15, 0.2) is 0 Å². The molecule has 3 atom stereocenters. The third-order valence-corrected chi connectivity index (χ3v) is 3.29. The molecule has 3 nitrogen and oxygen atoms in total. The summed E-state index contributed by atoms with van der Waals surface area (Å²) in [6.07, 6.45) is 3.77. The van der Waals surface area contributed by atoms with E-state index in [0.717, 1.165) is 12.5 Å². The Morgan fingerprint density at radius 2 is 2.38 bits per heavy atom. The first-order valence-electron chi connectivity index (χ1n) is 5.23. The predicted molar refractivity (Wildman–Crippen MR) is 49.3 cm³/mol. The Hall–Kier alpha value is -0.570. The van der Waals surface area contributed by atoms with Crippen LogP contribution in [0.1, 0.15) is 26.2 Å². The van der Waals surface area contributed by atoms with E-state index in [-0.39, 0.29) is 12.0 Å². The molecule has 0 spiro atoms. The Bertz CT molecular complexity index is 205. The van der Waals surface area contributed by atoms with Crippen LogP contribution in [0.5, 0.6) is 0 Å². The number of ether oxygens (including phenoxy) is 1. The second-order valence-electron chi connectivity index (χ2n) is 3.99. The molecule has 0 bridgehead atoms. The van der Waals surface area contributed by atoms with Crippen LogP contribution >= 0.6 is 0 Å². The largest absolute Gasteiger partial charge is 0.465 e. The maximum atomic E-state index is 11.5. The topological polar surface area (TPSA) is 38.3 Å². The van der Waals surface area contributed by atoms with Gasteiger partial charge in [0.25, 0.3) is 0 Å². The summed E-state index contributed by atoms with van der Waals surface area (Å²) in [4.78, 5) is 11.5. The third-order valence-electron chi connectivity index (χ3n) is 3.29. The van der Waals surface area contributed by atoms with E-state index in [1.165, 1.54) is 19.3 Å². The molecular formula is C10H17NO2. The van der Waals surface area contributed by atoms with Gasteiger partial charge in [0.1, 0.15) is 6.04 Å². The number of nitrogens with one attached hydrogen (secondary N) is 1. The van der Waals surface area contributed by atoms with Crippen molar-refractivity contribution in [1.29, 1.82) is 0 Å². The third kappa shape index (κ3) is 1.57. The smallest absolute Gasteiger partial charge is 0.323 e. The van der Waals surface area contributed by atoms with Crippen LogP contribution in [0, 0.1) is 11.8 Å². The van der Waals surface area contributed by atoms with Crippen molar-refractivity contribution in [2.75, 3.05) is 13.2 Å². The molecule has 0 aromatic carbocycles. The van der Waals surface area contributed by atoms with Gasteiger partial charge in [-0.05, 0) is 38.1 Å². The molecule has 1 aliphatic carbocycles. The molecule has 1 saturated heterocycles. The predicted octanol–water partition coefficient (Wildman–Crippen LogP) is 0.938. The highest BCUT2D eigenvalue weighted by molar-refractivity contribution is 5.76. The average Bonchev–Trinajstić information content (AvgIpc) is 2.62. The summed E-state index contributed by atoms with van der Waals surface area (Å²) in [7, 11) is 0. The van der Waals surface area contributed by atoms with Gasteiger partial charge in [-0.1, -0.05) is 6.42 Å². The van der Waals surface area contributed by atoms with Gasteiger partial charge in [-0.2, -0.15) is 0 Å². The lowest BCUT2D eigenvalue weighted by Gasteiger charge is -2.15. The van der Waals surface area contributed by atoms with Gasteiger partial charge in [-0.25, -0.2) is 0 Å². The number of esters is 1. The van der Waals surface area contributed by atoms with Crippen LogP contribution in [0.3, 0.4) is 0 Å². The molecule has 1 N–H and O–H groups in total. The quantitative estimate of drug-likeness (QED) is 0.647. The van der Waals surface area contributed by atoms with E-state index < -0.39 is 0 Å². The van der Waals surface area contributed by atoms with Gasteiger partial charge >= 0.3 is 5.97 Å². The first-order valence-corrected chi connectivity index (χ1v) is 5.23. The van der Waals surface area contributed by atoms with Gasteiger partial charge in [-0.15, -0.1) is 0 Å². The average molecular weight is 183 g/mol. The molecule has 1 heterocycles. The molecule has 2 aliphatic rings. The Morgan fingerprint density at radius 3 is 3.15 bits per heavy atom. The van der Waals surface area contributed by atoms with E-state index >= 15 is 0 Å². The minimum atomic E-state index is -0.0445. The lowest BCUT2D eigenvalue weighted by Crippen LogP contribution is -2.37. The number of hydrogen-bond acceptors (Lipinski definition) is 3. The first-order chi connectivity index (χ1) is 6.33. The standard InChI is InChI=1S/C10H17NO2/c1-2-13-10(12)9-8-5-3-4-7(8)6-11-9/h7-9,11H,2-6H2,1H3/t7-,8+,9?/m0/s1. The second kappa shape index (κ2) is 3.66. The van der Waals surface area contributed by atoms with Gasteiger partial charge in [0.2, 0.25) is 0 Å². The van der Waals surface area contributed by atoms with Crippen LogP contribution in [0.4, 0.5) is 0 Å². The van der Waals surface area contributed by atoms with E-state index in [2.05, 4.69) is 5.32 Å². The van der Waals surface area contributed by atoms with Crippen LogP contribution in [0.25, 0.3) is 0 Å². The van der Waals surface area contributed by atoms with Crippen molar-refractivity contribution < 1.29 is 9.53 Å². The fraction of sp³-hybridized carbons (Fsp3) is 0.900. The van der Waals surface area contributed by atoms with Crippen molar-refractivity contribution >= 4 is 5.97 Å². The molecule has 0 radical (unpaired) electrons. The van der Waals surface area contributed by atoms with Crippen molar-refractivity contribution in [3.8, 4) is 0 Å². The summed E-state index contributed by atoms with van der Waals surface area (Å²) in [6.45, 7) is 3.36. The number of fused-ring (bicyclic) bond motifs is 1. The highest BCUT2D eigenvalue weighted by Gasteiger charge is 2.42. The minimum Gasteiger partial charge on any atom is -0.465 e. The molecule has 3 heteroatoms. The van der Waals surface area contributed by atoms with Gasteiger partial charge in [-0.3, -0.25) is 4.79 Å². The first kappa shape index (κ1) is 9.00. The lowest BCUT2D eigenvalue weighted by atomic mass is 9.94. The fourth-order valence-electron chi connectivity index (χ4n) is 2.68. The zero-order valence-electron chi connectivity index (χ0n) is 8.08. The molecule has 1 unspecified atom stereocenters. The summed E-state index contributed by atoms with van der Waals surface area (Å²) >= 11 is 0. The molecule has 1 saturated carbocycles. The molecule has 1 aliphatic heterocycles. The van der Waals surface area contributed by atoms with Crippen LogP contribution in [-0.4, -0.2) is 25.2 Å². The summed E-state index contributed by atoms with van der Waals surface area (Å²) < 4.78 is 5.03. The summed E-state index contributed by atoms with van der Waals surface area (Å²) in [5.41, 5.74) is 0. The fourth-order valence-corrected chi connectivity index (χ4v) is 2.68. The minimum absolute atomic E-state index is 0.00699.